The molecule has 0 spiro atoms. The van der Waals surface area contributed by atoms with Gasteiger partial charge in [-0.2, -0.15) is 0 Å². The molecule has 1 aromatic rings. The molecule has 0 aliphatic carbocycles. The minimum absolute atomic E-state index is 0.0188. The molecule has 122 valence electrons. The summed E-state index contributed by atoms with van der Waals surface area (Å²) < 4.78 is 13.3. The third-order valence-corrected chi connectivity index (χ3v) is 4.36. The van der Waals surface area contributed by atoms with Gasteiger partial charge in [0, 0.05) is 26.1 Å². The smallest absolute Gasteiger partial charge is 0.251 e. The molecule has 7 nitrogen and oxygen atoms in total. The average molecular weight is 308 g/mol. The van der Waals surface area contributed by atoms with Crippen molar-refractivity contribution in [1.29, 1.82) is 0 Å². The standard InChI is InChI=1S/C15H24N4O3/c1-3-13-16-17-14-9-18(6-7-19(13)14)15(20)11(2)22-10-12-5-4-8-21-12/h11-12H,3-10H2,1-2H3/t11-,12+/m1/s1. The van der Waals surface area contributed by atoms with Gasteiger partial charge in [0.2, 0.25) is 0 Å². The molecule has 22 heavy (non-hydrogen) atoms. The Morgan fingerprint density at radius 2 is 2.32 bits per heavy atom. The highest BCUT2D eigenvalue weighted by Gasteiger charge is 2.28. The second kappa shape index (κ2) is 6.75. The maximum Gasteiger partial charge on any atom is 0.251 e. The summed E-state index contributed by atoms with van der Waals surface area (Å²) in [5.74, 6) is 1.87. The number of rotatable bonds is 5. The van der Waals surface area contributed by atoms with Crippen LogP contribution in [0.1, 0.15) is 38.3 Å². The van der Waals surface area contributed by atoms with Crippen LogP contribution in [0.25, 0.3) is 0 Å². The average Bonchev–Trinajstić information content (AvgIpc) is 3.20. The first-order chi connectivity index (χ1) is 10.7. The van der Waals surface area contributed by atoms with Crippen LogP contribution in [0.15, 0.2) is 0 Å². The first-order valence-electron chi connectivity index (χ1n) is 8.12. The van der Waals surface area contributed by atoms with Crippen LogP contribution >= 0.6 is 0 Å². The molecule has 0 bridgehead atoms. The number of hydrogen-bond acceptors (Lipinski definition) is 5. The van der Waals surface area contributed by atoms with E-state index in [1.165, 1.54) is 0 Å². The fraction of sp³-hybridized carbons (Fsp3) is 0.800. The summed E-state index contributed by atoms with van der Waals surface area (Å²) in [6.45, 7) is 7.14. The lowest BCUT2D eigenvalue weighted by atomic mass is 10.2. The number of hydrogen-bond donors (Lipinski definition) is 0. The number of aromatic nitrogens is 3. The summed E-state index contributed by atoms with van der Waals surface area (Å²) in [5, 5.41) is 8.36. The molecule has 0 aromatic carbocycles. The van der Waals surface area contributed by atoms with Gasteiger partial charge in [0.25, 0.3) is 5.91 Å². The van der Waals surface area contributed by atoms with Crippen LogP contribution in [-0.4, -0.2) is 57.5 Å². The van der Waals surface area contributed by atoms with E-state index in [-0.39, 0.29) is 12.0 Å². The summed E-state index contributed by atoms with van der Waals surface area (Å²) in [5.41, 5.74) is 0. The van der Waals surface area contributed by atoms with E-state index in [0.29, 0.717) is 19.7 Å². The fourth-order valence-corrected chi connectivity index (χ4v) is 3.02. The topological polar surface area (TPSA) is 69.5 Å². The van der Waals surface area contributed by atoms with Crippen molar-refractivity contribution < 1.29 is 14.3 Å². The highest BCUT2D eigenvalue weighted by molar-refractivity contribution is 5.80. The Kier molecular flexibility index (Phi) is 4.73. The van der Waals surface area contributed by atoms with Gasteiger partial charge in [-0.15, -0.1) is 10.2 Å². The molecule has 7 heteroatoms. The molecule has 0 saturated carbocycles. The van der Waals surface area contributed by atoms with Gasteiger partial charge in [-0.1, -0.05) is 6.92 Å². The predicted octanol–water partition coefficient (Wildman–Crippen LogP) is 0.767. The highest BCUT2D eigenvalue weighted by atomic mass is 16.5. The molecule has 2 aliphatic heterocycles. The second-order valence-electron chi connectivity index (χ2n) is 5.91. The summed E-state index contributed by atoms with van der Waals surface area (Å²) in [6, 6.07) is 0. The fourth-order valence-electron chi connectivity index (χ4n) is 3.02. The molecular weight excluding hydrogens is 284 g/mol. The third-order valence-electron chi connectivity index (χ3n) is 4.36. The molecule has 1 aromatic heterocycles. The Labute approximate surface area is 130 Å². The van der Waals surface area contributed by atoms with Crippen LogP contribution in [0.5, 0.6) is 0 Å². The Balaban J connectivity index is 1.53. The molecule has 1 amide bonds. The lowest BCUT2D eigenvalue weighted by molar-refractivity contribution is -0.146. The molecule has 0 unspecified atom stereocenters. The molecule has 3 heterocycles. The largest absolute Gasteiger partial charge is 0.376 e. The van der Waals surface area contributed by atoms with Crippen molar-refractivity contribution in [2.45, 2.75) is 58.4 Å². The van der Waals surface area contributed by atoms with Gasteiger partial charge in [-0.25, -0.2) is 0 Å². The van der Waals surface area contributed by atoms with Crippen molar-refractivity contribution in [3.8, 4) is 0 Å². The van der Waals surface area contributed by atoms with Crippen molar-refractivity contribution >= 4 is 5.91 Å². The van der Waals surface area contributed by atoms with Crippen LogP contribution in [0.4, 0.5) is 0 Å². The Morgan fingerprint density at radius 1 is 1.45 bits per heavy atom. The van der Waals surface area contributed by atoms with Crippen LogP contribution in [-0.2, 0) is 33.8 Å². The SMILES string of the molecule is CCc1nnc2n1CCN(C(=O)[C@@H](C)OC[C@@H]1CCCO1)C2. The van der Waals surface area contributed by atoms with E-state index in [0.717, 1.165) is 44.1 Å². The normalized spacial score (nSPS) is 22.6. The molecule has 0 N–H and O–H groups in total. The maximum absolute atomic E-state index is 12.5. The number of fused-ring (bicyclic) bond motifs is 1. The highest BCUT2D eigenvalue weighted by Crippen LogP contribution is 2.16. The van der Waals surface area contributed by atoms with E-state index in [9.17, 15) is 4.79 Å². The van der Waals surface area contributed by atoms with Gasteiger partial charge in [-0.3, -0.25) is 4.79 Å². The van der Waals surface area contributed by atoms with Gasteiger partial charge in [-0.05, 0) is 19.8 Å². The molecule has 2 atom stereocenters. The first-order valence-corrected chi connectivity index (χ1v) is 8.12. The van der Waals surface area contributed by atoms with Crippen LogP contribution in [0.3, 0.4) is 0 Å². The predicted molar refractivity (Wildman–Crippen MR) is 79.2 cm³/mol. The van der Waals surface area contributed by atoms with Crippen molar-refractivity contribution in [2.75, 3.05) is 19.8 Å². The minimum Gasteiger partial charge on any atom is -0.376 e. The van der Waals surface area contributed by atoms with Gasteiger partial charge < -0.3 is 18.9 Å². The van der Waals surface area contributed by atoms with Crippen LogP contribution in [0, 0.1) is 0 Å². The van der Waals surface area contributed by atoms with Crippen molar-refractivity contribution in [3.05, 3.63) is 11.6 Å². The van der Waals surface area contributed by atoms with Crippen molar-refractivity contribution in [2.24, 2.45) is 0 Å². The van der Waals surface area contributed by atoms with E-state index in [2.05, 4.69) is 21.7 Å². The van der Waals surface area contributed by atoms with Gasteiger partial charge in [0.15, 0.2) is 5.82 Å². The zero-order valence-electron chi connectivity index (χ0n) is 13.3. The molecule has 0 radical (unpaired) electrons. The van der Waals surface area contributed by atoms with Crippen molar-refractivity contribution in [1.82, 2.24) is 19.7 Å². The number of aryl methyl sites for hydroxylation is 1. The molecule has 1 fully saturated rings. The summed E-state index contributed by atoms with van der Waals surface area (Å²) >= 11 is 0. The lowest BCUT2D eigenvalue weighted by Gasteiger charge is -2.30. The molecule has 3 rings (SSSR count). The Morgan fingerprint density at radius 3 is 3.05 bits per heavy atom. The quantitative estimate of drug-likeness (QED) is 0.803. The number of carbonyl (C=O) groups excluding carboxylic acids is 1. The molecular formula is C15H24N4O3. The number of nitrogens with zero attached hydrogens (tertiary/aromatic N) is 4. The maximum atomic E-state index is 12.5. The van der Waals surface area contributed by atoms with E-state index >= 15 is 0 Å². The molecule has 2 aliphatic rings. The summed E-state index contributed by atoms with van der Waals surface area (Å²) in [6.07, 6.45) is 2.67. The first kappa shape index (κ1) is 15.4. The summed E-state index contributed by atoms with van der Waals surface area (Å²) in [7, 11) is 0. The number of carbonyl (C=O) groups is 1. The zero-order chi connectivity index (χ0) is 15.5. The zero-order valence-corrected chi connectivity index (χ0v) is 13.3. The molecule has 1 saturated heterocycles. The number of amides is 1. The van der Waals surface area contributed by atoms with Gasteiger partial charge in [0.05, 0.1) is 19.3 Å². The number of ether oxygens (including phenoxy) is 2. The van der Waals surface area contributed by atoms with Crippen LogP contribution < -0.4 is 0 Å². The van der Waals surface area contributed by atoms with E-state index in [1.807, 2.05) is 11.8 Å². The van der Waals surface area contributed by atoms with E-state index in [1.54, 1.807) is 0 Å². The van der Waals surface area contributed by atoms with Gasteiger partial charge >= 0.3 is 0 Å². The van der Waals surface area contributed by atoms with E-state index < -0.39 is 6.10 Å². The van der Waals surface area contributed by atoms with Crippen molar-refractivity contribution in [3.63, 3.8) is 0 Å². The monoisotopic (exact) mass is 308 g/mol. The Bertz CT molecular complexity index is 525. The Hall–Kier alpha value is -1.47. The van der Waals surface area contributed by atoms with Crippen LogP contribution in [0.2, 0.25) is 0 Å². The lowest BCUT2D eigenvalue weighted by Crippen LogP contribution is -2.44. The second-order valence-corrected chi connectivity index (χ2v) is 5.91. The van der Waals surface area contributed by atoms with Gasteiger partial charge in [0.1, 0.15) is 11.9 Å². The summed E-state index contributed by atoms with van der Waals surface area (Å²) in [4.78, 5) is 14.3. The third kappa shape index (κ3) is 3.15. The van der Waals surface area contributed by atoms with E-state index in [4.69, 9.17) is 9.47 Å². The minimum atomic E-state index is -0.440.